The molecule has 0 aliphatic heterocycles. The van der Waals surface area contributed by atoms with Gasteiger partial charge in [0.05, 0.1) is 0 Å². The zero-order valence-corrected chi connectivity index (χ0v) is 11.2. The molecule has 18 heavy (non-hydrogen) atoms. The molecule has 0 aliphatic rings. The van der Waals surface area contributed by atoms with E-state index < -0.39 is 0 Å². The van der Waals surface area contributed by atoms with Gasteiger partial charge in [-0.25, -0.2) is 4.79 Å². The molecule has 1 aromatic rings. The van der Waals surface area contributed by atoms with Crippen LogP contribution >= 0.6 is 0 Å². The SMILES string of the molecule is COCCCn1c(N)cc(=O)n(CC(C)C)c1=O. The van der Waals surface area contributed by atoms with Crippen LogP contribution in [0.4, 0.5) is 5.82 Å². The van der Waals surface area contributed by atoms with Crippen LogP contribution in [0.15, 0.2) is 15.7 Å². The Kier molecular flexibility index (Phi) is 5.15. The summed E-state index contributed by atoms with van der Waals surface area (Å²) in [4.78, 5) is 23.9. The molecule has 1 heterocycles. The fourth-order valence-electron chi connectivity index (χ4n) is 1.76. The van der Waals surface area contributed by atoms with E-state index in [9.17, 15) is 9.59 Å². The average molecular weight is 255 g/mol. The second kappa shape index (κ2) is 6.39. The van der Waals surface area contributed by atoms with Gasteiger partial charge in [-0.1, -0.05) is 13.8 Å². The Labute approximate surface area is 106 Å². The molecular formula is C12H21N3O3. The highest BCUT2D eigenvalue weighted by Crippen LogP contribution is 1.99. The quantitative estimate of drug-likeness (QED) is 0.741. The maximum absolute atomic E-state index is 12.1. The van der Waals surface area contributed by atoms with Crippen molar-refractivity contribution in [3.63, 3.8) is 0 Å². The van der Waals surface area contributed by atoms with E-state index in [1.165, 1.54) is 15.2 Å². The van der Waals surface area contributed by atoms with E-state index in [1.807, 2.05) is 13.8 Å². The van der Waals surface area contributed by atoms with Crippen LogP contribution in [0.1, 0.15) is 20.3 Å². The van der Waals surface area contributed by atoms with Crippen molar-refractivity contribution in [3.05, 3.63) is 26.9 Å². The van der Waals surface area contributed by atoms with Crippen molar-refractivity contribution < 1.29 is 4.74 Å². The van der Waals surface area contributed by atoms with Gasteiger partial charge in [0.2, 0.25) is 0 Å². The number of anilines is 1. The van der Waals surface area contributed by atoms with Crippen molar-refractivity contribution >= 4 is 5.82 Å². The van der Waals surface area contributed by atoms with E-state index in [0.717, 1.165) is 0 Å². The molecule has 6 nitrogen and oxygen atoms in total. The number of methoxy groups -OCH3 is 1. The van der Waals surface area contributed by atoms with E-state index >= 15 is 0 Å². The summed E-state index contributed by atoms with van der Waals surface area (Å²) >= 11 is 0. The van der Waals surface area contributed by atoms with Crippen LogP contribution in [-0.2, 0) is 17.8 Å². The molecule has 0 radical (unpaired) electrons. The maximum Gasteiger partial charge on any atom is 0.332 e. The third-order valence-electron chi connectivity index (χ3n) is 2.59. The lowest BCUT2D eigenvalue weighted by molar-refractivity contribution is 0.189. The van der Waals surface area contributed by atoms with Gasteiger partial charge in [0.1, 0.15) is 5.82 Å². The largest absolute Gasteiger partial charge is 0.385 e. The molecule has 102 valence electrons. The van der Waals surface area contributed by atoms with Gasteiger partial charge in [0.25, 0.3) is 5.56 Å². The van der Waals surface area contributed by atoms with Crippen LogP contribution in [0.3, 0.4) is 0 Å². The fraction of sp³-hybridized carbons (Fsp3) is 0.667. The molecule has 2 N–H and O–H groups in total. The van der Waals surface area contributed by atoms with E-state index in [-0.39, 0.29) is 23.0 Å². The number of nitrogens with zero attached hydrogens (tertiary/aromatic N) is 2. The van der Waals surface area contributed by atoms with Gasteiger partial charge in [-0.05, 0) is 12.3 Å². The summed E-state index contributed by atoms with van der Waals surface area (Å²) in [5.74, 6) is 0.438. The predicted octanol–water partition coefficient (Wildman–Crippen LogP) is 0.285. The fourth-order valence-corrected chi connectivity index (χ4v) is 1.76. The van der Waals surface area contributed by atoms with Gasteiger partial charge >= 0.3 is 5.69 Å². The van der Waals surface area contributed by atoms with Crippen LogP contribution in [0.2, 0.25) is 0 Å². The molecule has 0 aromatic carbocycles. The summed E-state index contributed by atoms with van der Waals surface area (Å²) in [5.41, 5.74) is 5.03. The number of nitrogens with two attached hydrogens (primary N) is 1. The minimum atomic E-state index is -0.343. The number of aromatic nitrogens is 2. The Morgan fingerprint density at radius 3 is 2.56 bits per heavy atom. The summed E-state index contributed by atoms with van der Waals surface area (Å²) in [6.45, 7) is 5.32. The minimum Gasteiger partial charge on any atom is -0.385 e. The second-order valence-electron chi connectivity index (χ2n) is 4.69. The molecule has 0 amide bonds. The molecule has 1 aromatic heterocycles. The first-order chi connectivity index (χ1) is 8.47. The van der Waals surface area contributed by atoms with E-state index in [0.29, 0.717) is 26.1 Å². The molecule has 0 saturated carbocycles. The van der Waals surface area contributed by atoms with Crippen LogP contribution in [-0.4, -0.2) is 22.9 Å². The molecule has 0 spiro atoms. The molecule has 1 rings (SSSR count). The Bertz CT molecular complexity index is 502. The van der Waals surface area contributed by atoms with Crippen molar-refractivity contribution in [2.45, 2.75) is 33.4 Å². The minimum absolute atomic E-state index is 0.209. The first-order valence-electron chi connectivity index (χ1n) is 6.06. The van der Waals surface area contributed by atoms with Crippen molar-refractivity contribution in [2.75, 3.05) is 19.5 Å². The van der Waals surface area contributed by atoms with Gasteiger partial charge in [-0.3, -0.25) is 13.9 Å². The van der Waals surface area contributed by atoms with E-state index in [1.54, 1.807) is 7.11 Å². The average Bonchev–Trinajstić information content (AvgIpc) is 2.28. The Morgan fingerprint density at radius 2 is 2.00 bits per heavy atom. The molecule has 0 atom stereocenters. The number of hydrogen-bond donors (Lipinski definition) is 1. The summed E-state index contributed by atoms with van der Waals surface area (Å²) in [6.07, 6.45) is 0.681. The van der Waals surface area contributed by atoms with Gasteiger partial charge in [-0.2, -0.15) is 0 Å². The lowest BCUT2D eigenvalue weighted by atomic mass is 10.2. The zero-order chi connectivity index (χ0) is 13.7. The summed E-state index contributed by atoms with van der Waals surface area (Å²) in [6, 6.07) is 1.30. The van der Waals surface area contributed by atoms with Crippen LogP contribution < -0.4 is 17.0 Å². The molecule has 0 saturated heterocycles. The first kappa shape index (κ1) is 14.5. The highest BCUT2D eigenvalue weighted by molar-refractivity contribution is 5.26. The molecule has 0 unspecified atom stereocenters. The summed E-state index contributed by atoms with van der Waals surface area (Å²) in [5, 5.41) is 0. The number of nitrogen functional groups attached to an aromatic ring is 1. The van der Waals surface area contributed by atoms with Gasteiger partial charge in [-0.15, -0.1) is 0 Å². The van der Waals surface area contributed by atoms with Gasteiger partial charge < -0.3 is 10.5 Å². The number of hydrogen-bond acceptors (Lipinski definition) is 4. The highest BCUT2D eigenvalue weighted by Gasteiger charge is 2.10. The Hall–Kier alpha value is -1.56. The molecule has 0 fully saturated rings. The van der Waals surface area contributed by atoms with Gasteiger partial charge in [0, 0.05) is 32.9 Å². The van der Waals surface area contributed by atoms with Crippen LogP contribution in [0.25, 0.3) is 0 Å². The van der Waals surface area contributed by atoms with E-state index in [4.69, 9.17) is 10.5 Å². The zero-order valence-electron chi connectivity index (χ0n) is 11.2. The van der Waals surface area contributed by atoms with Crippen LogP contribution in [0, 0.1) is 5.92 Å². The predicted molar refractivity (Wildman–Crippen MR) is 70.7 cm³/mol. The molecule has 6 heteroatoms. The first-order valence-corrected chi connectivity index (χ1v) is 6.06. The monoisotopic (exact) mass is 255 g/mol. The third kappa shape index (κ3) is 3.46. The van der Waals surface area contributed by atoms with Crippen molar-refractivity contribution in [1.82, 2.24) is 9.13 Å². The van der Waals surface area contributed by atoms with Crippen LogP contribution in [0.5, 0.6) is 0 Å². The van der Waals surface area contributed by atoms with Crippen molar-refractivity contribution in [3.8, 4) is 0 Å². The lowest BCUT2D eigenvalue weighted by Crippen LogP contribution is -2.41. The number of ether oxygens (including phenoxy) is 1. The third-order valence-corrected chi connectivity index (χ3v) is 2.59. The Balaban J connectivity index is 3.10. The molecular weight excluding hydrogens is 234 g/mol. The number of rotatable bonds is 6. The highest BCUT2D eigenvalue weighted by atomic mass is 16.5. The standard InChI is InChI=1S/C12H21N3O3/c1-9(2)8-15-11(16)7-10(13)14(12(15)17)5-4-6-18-3/h7,9H,4-6,8,13H2,1-3H3. The van der Waals surface area contributed by atoms with Crippen molar-refractivity contribution in [2.24, 2.45) is 5.92 Å². The second-order valence-corrected chi connectivity index (χ2v) is 4.69. The molecule has 0 bridgehead atoms. The van der Waals surface area contributed by atoms with Gasteiger partial charge in [0.15, 0.2) is 0 Å². The normalized spacial score (nSPS) is 11.1. The van der Waals surface area contributed by atoms with Crippen molar-refractivity contribution in [1.29, 1.82) is 0 Å². The van der Waals surface area contributed by atoms with E-state index in [2.05, 4.69) is 0 Å². The topological polar surface area (TPSA) is 79.2 Å². The summed E-state index contributed by atoms with van der Waals surface area (Å²) in [7, 11) is 1.60. The lowest BCUT2D eigenvalue weighted by Gasteiger charge is -2.13. The Morgan fingerprint density at radius 1 is 1.33 bits per heavy atom. The molecule has 0 aliphatic carbocycles. The maximum atomic E-state index is 12.1. The summed E-state index contributed by atoms with van der Waals surface area (Å²) < 4.78 is 7.59. The smallest absolute Gasteiger partial charge is 0.332 e.